The van der Waals surface area contributed by atoms with Gasteiger partial charge in [0.1, 0.15) is 11.5 Å². The second kappa shape index (κ2) is 6.26. The van der Waals surface area contributed by atoms with E-state index in [4.69, 9.17) is 0 Å². The number of hydrogen-bond donors (Lipinski definition) is 1. The summed E-state index contributed by atoms with van der Waals surface area (Å²) in [6.45, 7) is 0.273. The predicted molar refractivity (Wildman–Crippen MR) is 78.3 cm³/mol. The molecule has 0 unspecified atom stereocenters. The fourth-order valence-electron chi connectivity index (χ4n) is 2.15. The first-order chi connectivity index (χ1) is 11.4. The van der Waals surface area contributed by atoms with Gasteiger partial charge in [-0.15, -0.1) is 10.2 Å². The predicted octanol–water partition coefficient (Wildman–Crippen LogP) is 2.12. The second-order valence-electron chi connectivity index (χ2n) is 4.98. The largest absolute Gasteiger partial charge is 0.433 e. The first-order valence-electron chi connectivity index (χ1n) is 7.05. The fourth-order valence-corrected chi connectivity index (χ4v) is 2.15. The van der Waals surface area contributed by atoms with Gasteiger partial charge >= 0.3 is 6.18 Å². The van der Waals surface area contributed by atoms with Crippen LogP contribution >= 0.6 is 0 Å². The molecule has 0 fully saturated rings. The molecule has 0 aliphatic heterocycles. The minimum atomic E-state index is -4.52. The summed E-state index contributed by atoms with van der Waals surface area (Å²) in [4.78, 5) is 15.2. The molecule has 0 bridgehead atoms. The second-order valence-corrected chi connectivity index (χ2v) is 4.98. The van der Waals surface area contributed by atoms with Gasteiger partial charge in [-0.2, -0.15) is 13.2 Å². The maximum absolute atomic E-state index is 12.4. The molecular weight excluding hydrogens is 323 g/mol. The summed E-state index contributed by atoms with van der Waals surface area (Å²) in [7, 11) is 0. The highest BCUT2D eigenvalue weighted by Gasteiger charge is 2.32. The summed E-state index contributed by atoms with van der Waals surface area (Å²) in [5, 5.41) is 10.6. The molecule has 0 spiro atoms. The molecule has 3 rings (SSSR count). The minimum Gasteiger partial charge on any atom is -0.352 e. The van der Waals surface area contributed by atoms with Crippen molar-refractivity contribution in [1.29, 1.82) is 0 Å². The number of alkyl halides is 3. The van der Waals surface area contributed by atoms with Crippen LogP contribution < -0.4 is 5.32 Å². The highest BCUT2D eigenvalue weighted by Crippen LogP contribution is 2.27. The molecule has 0 saturated carbocycles. The number of aromatic nitrogens is 4. The van der Waals surface area contributed by atoms with Gasteiger partial charge in [-0.1, -0.05) is 6.07 Å². The molecule has 9 heteroatoms. The Hall–Kier alpha value is -2.97. The van der Waals surface area contributed by atoms with Crippen molar-refractivity contribution in [3.63, 3.8) is 0 Å². The van der Waals surface area contributed by atoms with E-state index in [-0.39, 0.29) is 12.1 Å². The summed E-state index contributed by atoms with van der Waals surface area (Å²) >= 11 is 0. The zero-order valence-corrected chi connectivity index (χ0v) is 12.3. The lowest BCUT2D eigenvalue weighted by Crippen LogP contribution is -2.26. The molecule has 0 aliphatic rings. The van der Waals surface area contributed by atoms with Crippen molar-refractivity contribution < 1.29 is 18.0 Å². The topological polar surface area (TPSA) is 72.2 Å². The number of hydrogen-bond acceptors (Lipinski definition) is 4. The van der Waals surface area contributed by atoms with Crippen LogP contribution in [0.3, 0.4) is 0 Å². The summed E-state index contributed by atoms with van der Waals surface area (Å²) < 4.78 is 39.1. The van der Waals surface area contributed by atoms with Crippen LogP contribution in [-0.4, -0.2) is 32.0 Å². The number of carbonyl (C=O) groups is 1. The van der Waals surface area contributed by atoms with Gasteiger partial charge in [0, 0.05) is 25.4 Å². The normalized spacial score (nSPS) is 11.6. The highest BCUT2D eigenvalue weighted by molar-refractivity contribution is 5.93. The number of pyridine rings is 2. The highest BCUT2D eigenvalue weighted by atomic mass is 19.4. The van der Waals surface area contributed by atoms with Crippen LogP contribution in [0.15, 0.2) is 42.7 Å². The first kappa shape index (κ1) is 15.9. The lowest BCUT2D eigenvalue weighted by Gasteiger charge is -2.07. The Kier molecular flexibility index (Phi) is 4.15. The number of nitrogens with one attached hydrogen (secondary N) is 1. The van der Waals surface area contributed by atoms with Crippen LogP contribution in [0.2, 0.25) is 0 Å². The molecule has 3 heterocycles. The Morgan fingerprint density at radius 3 is 2.71 bits per heavy atom. The number of nitrogens with zero attached hydrogens (tertiary/aromatic N) is 4. The molecule has 0 radical (unpaired) electrons. The zero-order chi connectivity index (χ0) is 17.2. The van der Waals surface area contributed by atoms with Crippen molar-refractivity contribution >= 4 is 11.6 Å². The van der Waals surface area contributed by atoms with Gasteiger partial charge < -0.3 is 5.32 Å². The summed E-state index contributed by atoms with van der Waals surface area (Å²) in [5.41, 5.74) is -0.270. The summed E-state index contributed by atoms with van der Waals surface area (Å²) in [5.74, 6) is 0.182. The minimum absolute atomic E-state index is 0.0640. The molecule has 0 saturated heterocycles. The van der Waals surface area contributed by atoms with E-state index in [9.17, 15) is 18.0 Å². The van der Waals surface area contributed by atoms with Gasteiger partial charge in [-0.25, -0.2) is 0 Å². The molecule has 0 aliphatic carbocycles. The van der Waals surface area contributed by atoms with E-state index in [1.54, 1.807) is 4.40 Å². The van der Waals surface area contributed by atoms with E-state index in [0.29, 0.717) is 17.9 Å². The standard InChI is InChI=1S/C15H12F3N5O/c16-15(17,18)11-5-4-10(9-20-11)14(24)19-7-6-13-22-21-12-3-1-2-8-23(12)13/h1-5,8-9H,6-7H2,(H,19,24). The molecule has 3 aromatic heterocycles. The third-order valence-electron chi connectivity index (χ3n) is 3.33. The Balaban J connectivity index is 1.59. The average molecular weight is 335 g/mol. The first-order valence-corrected chi connectivity index (χ1v) is 7.05. The summed E-state index contributed by atoms with van der Waals surface area (Å²) in [6, 6.07) is 7.36. The van der Waals surface area contributed by atoms with Crippen molar-refractivity contribution in [3.05, 3.63) is 59.8 Å². The van der Waals surface area contributed by atoms with E-state index in [1.165, 1.54) is 0 Å². The van der Waals surface area contributed by atoms with Crippen LogP contribution in [0.5, 0.6) is 0 Å². The van der Waals surface area contributed by atoms with Crippen LogP contribution in [0.4, 0.5) is 13.2 Å². The van der Waals surface area contributed by atoms with Crippen molar-refractivity contribution in [1.82, 2.24) is 24.9 Å². The van der Waals surface area contributed by atoms with E-state index in [0.717, 1.165) is 18.3 Å². The average Bonchev–Trinajstić information content (AvgIpc) is 2.97. The molecule has 124 valence electrons. The monoisotopic (exact) mass is 335 g/mol. The van der Waals surface area contributed by atoms with E-state index >= 15 is 0 Å². The van der Waals surface area contributed by atoms with Crippen LogP contribution in [0, 0.1) is 0 Å². The SMILES string of the molecule is O=C(NCCc1nnc2ccccn12)c1ccc(C(F)(F)F)nc1. The van der Waals surface area contributed by atoms with Gasteiger partial charge in [0.15, 0.2) is 5.65 Å². The summed E-state index contributed by atoms with van der Waals surface area (Å²) in [6.07, 6.45) is -1.37. The van der Waals surface area contributed by atoms with Crippen LogP contribution in [0.1, 0.15) is 21.9 Å². The van der Waals surface area contributed by atoms with Crippen molar-refractivity contribution in [2.24, 2.45) is 0 Å². The van der Waals surface area contributed by atoms with Gasteiger partial charge in [-0.3, -0.25) is 14.2 Å². The fraction of sp³-hybridized carbons (Fsp3) is 0.200. The number of rotatable bonds is 4. The molecule has 3 aromatic rings. The zero-order valence-electron chi connectivity index (χ0n) is 12.3. The number of halogens is 3. The maximum atomic E-state index is 12.4. The third kappa shape index (κ3) is 3.34. The van der Waals surface area contributed by atoms with Crippen molar-refractivity contribution in [2.45, 2.75) is 12.6 Å². The molecule has 0 atom stereocenters. The number of amides is 1. The van der Waals surface area contributed by atoms with Crippen LogP contribution in [0.25, 0.3) is 5.65 Å². The number of fused-ring (bicyclic) bond motifs is 1. The lowest BCUT2D eigenvalue weighted by atomic mass is 10.2. The molecular formula is C15H12F3N5O. The Morgan fingerprint density at radius 1 is 1.17 bits per heavy atom. The molecule has 6 nitrogen and oxygen atoms in total. The van der Waals surface area contributed by atoms with Gasteiger partial charge in [0.05, 0.1) is 5.56 Å². The smallest absolute Gasteiger partial charge is 0.352 e. The van der Waals surface area contributed by atoms with Gasteiger partial charge in [0.25, 0.3) is 5.91 Å². The Morgan fingerprint density at radius 2 is 2.00 bits per heavy atom. The van der Waals surface area contributed by atoms with Gasteiger partial charge in [0.2, 0.25) is 0 Å². The molecule has 1 N–H and O–H groups in total. The Bertz CT molecular complexity index is 857. The third-order valence-corrected chi connectivity index (χ3v) is 3.33. The maximum Gasteiger partial charge on any atom is 0.433 e. The number of carbonyl (C=O) groups excluding carboxylic acids is 1. The Labute approximate surface area is 134 Å². The van der Waals surface area contributed by atoms with E-state index in [2.05, 4.69) is 20.5 Å². The molecule has 0 aromatic carbocycles. The van der Waals surface area contributed by atoms with E-state index < -0.39 is 17.8 Å². The molecule has 1 amide bonds. The van der Waals surface area contributed by atoms with Crippen LogP contribution in [-0.2, 0) is 12.6 Å². The van der Waals surface area contributed by atoms with Crippen molar-refractivity contribution in [3.8, 4) is 0 Å². The van der Waals surface area contributed by atoms with Crippen molar-refractivity contribution in [2.75, 3.05) is 6.54 Å². The van der Waals surface area contributed by atoms with E-state index in [1.807, 2.05) is 24.4 Å². The molecule has 24 heavy (non-hydrogen) atoms. The lowest BCUT2D eigenvalue weighted by molar-refractivity contribution is -0.141. The quantitative estimate of drug-likeness (QED) is 0.793. The van der Waals surface area contributed by atoms with Gasteiger partial charge in [-0.05, 0) is 24.3 Å².